The Kier molecular flexibility index (Phi) is 12.0. The van der Waals surface area contributed by atoms with E-state index in [0.717, 1.165) is 0 Å². The minimum absolute atomic E-state index is 0.0101. The summed E-state index contributed by atoms with van der Waals surface area (Å²) in [6.45, 7) is 3.60. The second-order valence-corrected chi connectivity index (χ2v) is 3.00. The molecule has 0 atom stereocenters. The van der Waals surface area contributed by atoms with E-state index in [0.29, 0.717) is 26.4 Å². The zero-order valence-electron chi connectivity index (χ0n) is 10.1. The van der Waals surface area contributed by atoms with E-state index in [1.165, 1.54) is 6.08 Å². The molecule has 5 nitrogen and oxygen atoms in total. The summed E-state index contributed by atoms with van der Waals surface area (Å²) in [5.41, 5.74) is 0. The summed E-state index contributed by atoms with van der Waals surface area (Å²) in [5.74, 6) is -0.386. The first-order chi connectivity index (χ1) is 8.31. The van der Waals surface area contributed by atoms with Crippen LogP contribution in [0.5, 0.6) is 0 Å². The molecule has 0 bridgehead atoms. The van der Waals surface area contributed by atoms with Crippen molar-refractivity contribution in [3.8, 4) is 0 Å². The van der Waals surface area contributed by atoms with Gasteiger partial charge in [0.1, 0.15) is 6.61 Å². The molecule has 98 valence electrons. The Hall–Kier alpha value is -1.17. The van der Waals surface area contributed by atoms with E-state index in [2.05, 4.69) is 0 Å². The Bertz CT molecular complexity index is 235. The third-order valence-electron chi connectivity index (χ3n) is 1.62. The number of aliphatic hydroxyl groups is 1. The van der Waals surface area contributed by atoms with Crippen LogP contribution in [0.1, 0.15) is 6.92 Å². The van der Waals surface area contributed by atoms with E-state index in [4.69, 9.17) is 19.3 Å². The third-order valence-corrected chi connectivity index (χ3v) is 1.62. The quantitative estimate of drug-likeness (QED) is 0.265. The normalized spacial score (nSPS) is 11.4. The summed E-state index contributed by atoms with van der Waals surface area (Å²) in [6.07, 6.45) is 6.53. The number of ether oxygens (including phenoxy) is 3. The van der Waals surface area contributed by atoms with Gasteiger partial charge in [-0.25, -0.2) is 4.79 Å². The summed E-state index contributed by atoms with van der Waals surface area (Å²) in [4.78, 5) is 11.0. The van der Waals surface area contributed by atoms with E-state index < -0.39 is 0 Å². The van der Waals surface area contributed by atoms with Gasteiger partial charge in [-0.3, -0.25) is 0 Å². The highest BCUT2D eigenvalue weighted by Gasteiger charge is 1.95. The van der Waals surface area contributed by atoms with Crippen molar-refractivity contribution in [3.63, 3.8) is 0 Å². The molecule has 17 heavy (non-hydrogen) atoms. The second kappa shape index (κ2) is 12.9. The molecule has 0 saturated carbocycles. The van der Waals surface area contributed by atoms with E-state index in [1.807, 2.05) is 13.0 Å². The van der Waals surface area contributed by atoms with Crippen LogP contribution in [0.15, 0.2) is 24.3 Å². The summed E-state index contributed by atoms with van der Waals surface area (Å²) in [6, 6.07) is 0. The van der Waals surface area contributed by atoms with Crippen molar-refractivity contribution >= 4 is 5.97 Å². The summed E-state index contributed by atoms with van der Waals surface area (Å²) < 4.78 is 15.0. The topological polar surface area (TPSA) is 65.0 Å². The number of carbonyl (C=O) groups excluding carboxylic acids is 1. The number of aliphatic hydroxyl groups excluding tert-OH is 1. The molecule has 0 aromatic carbocycles. The van der Waals surface area contributed by atoms with Crippen LogP contribution in [0.4, 0.5) is 0 Å². The van der Waals surface area contributed by atoms with Crippen molar-refractivity contribution in [2.75, 3.05) is 39.6 Å². The molecule has 0 aliphatic heterocycles. The molecule has 0 saturated heterocycles. The third kappa shape index (κ3) is 12.8. The molecular formula is C12H20O5. The molecule has 0 unspecified atom stereocenters. The molecule has 1 N–H and O–H groups in total. The van der Waals surface area contributed by atoms with Gasteiger partial charge in [-0.1, -0.05) is 18.2 Å². The Labute approximate surface area is 102 Å². The average Bonchev–Trinajstić information content (AvgIpc) is 2.33. The number of rotatable bonds is 10. The van der Waals surface area contributed by atoms with Crippen LogP contribution in [0.3, 0.4) is 0 Å². The Morgan fingerprint density at radius 2 is 1.71 bits per heavy atom. The highest BCUT2D eigenvalue weighted by atomic mass is 16.6. The number of esters is 1. The predicted octanol–water partition coefficient (Wildman–Crippen LogP) is 0.687. The highest BCUT2D eigenvalue weighted by molar-refractivity contribution is 5.82. The van der Waals surface area contributed by atoms with Gasteiger partial charge in [0.25, 0.3) is 0 Å². The van der Waals surface area contributed by atoms with Crippen LogP contribution >= 0.6 is 0 Å². The Morgan fingerprint density at radius 1 is 1.06 bits per heavy atom. The zero-order chi connectivity index (χ0) is 12.8. The standard InChI is InChI=1S/C12H20O5/c1-2-3-4-5-12(14)17-11-10-16-9-8-15-7-6-13/h2-5,13H,6-11H2,1H3/b3-2+,5-4+. The first-order valence-electron chi connectivity index (χ1n) is 5.53. The summed E-state index contributed by atoms with van der Waals surface area (Å²) >= 11 is 0. The number of hydrogen-bond donors (Lipinski definition) is 1. The van der Waals surface area contributed by atoms with Crippen LogP contribution in [0.25, 0.3) is 0 Å². The average molecular weight is 244 g/mol. The molecule has 0 spiro atoms. The molecule has 0 heterocycles. The summed E-state index contributed by atoms with van der Waals surface area (Å²) in [5, 5.41) is 8.42. The van der Waals surface area contributed by atoms with Gasteiger partial charge in [-0.15, -0.1) is 0 Å². The fraction of sp³-hybridized carbons (Fsp3) is 0.583. The maximum atomic E-state index is 11.0. The fourth-order valence-electron chi connectivity index (χ4n) is 0.881. The SMILES string of the molecule is C/C=C/C=C/C(=O)OCCOCCOCCO. The second-order valence-electron chi connectivity index (χ2n) is 3.00. The van der Waals surface area contributed by atoms with Gasteiger partial charge in [0.2, 0.25) is 0 Å². The van der Waals surface area contributed by atoms with Gasteiger partial charge >= 0.3 is 5.97 Å². The molecule has 0 rings (SSSR count). The smallest absolute Gasteiger partial charge is 0.330 e. The molecule has 0 aliphatic carbocycles. The van der Waals surface area contributed by atoms with Gasteiger partial charge in [-0.2, -0.15) is 0 Å². The molecule has 0 aromatic heterocycles. The van der Waals surface area contributed by atoms with Crippen molar-refractivity contribution in [1.29, 1.82) is 0 Å². The maximum absolute atomic E-state index is 11.0. The zero-order valence-corrected chi connectivity index (χ0v) is 10.1. The van der Waals surface area contributed by atoms with Gasteiger partial charge < -0.3 is 19.3 Å². The minimum atomic E-state index is -0.386. The van der Waals surface area contributed by atoms with Crippen molar-refractivity contribution in [1.82, 2.24) is 0 Å². The van der Waals surface area contributed by atoms with Crippen LogP contribution in [-0.4, -0.2) is 50.7 Å². The lowest BCUT2D eigenvalue weighted by Gasteiger charge is -2.04. The molecule has 0 aromatic rings. The molecule has 0 fully saturated rings. The van der Waals surface area contributed by atoms with E-state index in [-0.39, 0.29) is 19.2 Å². The first kappa shape index (κ1) is 15.8. The van der Waals surface area contributed by atoms with Gasteiger partial charge in [0.05, 0.1) is 33.0 Å². The fourth-order valence-corrected chi connectivity index (χ4v) is 0.881. The van der Waals surface area contributed by atoms with Gasteiger partial charge in [-0.05, 0) is 6.92 Å². The highest BCUT2D eigenvalue weighted by Crippen LogP contribution is 1.85. The Balaban J connectivity index is 3.25. The van der Waals surface area contributed by atoms with Crippen molar-refractivity contribution in [2.45, 2.75) is 6.92 Å². The van der Waals surface area contributed by atoms with Crippen LogP contribution < -0.4 is 0 Å². The maximum Gasteiger partial charge on any atom is 0.330 e. The molecular weight excluding hydrogens is 224 g/mol. The van der Waals surface area contributed by atoms with E-state index >= 15 is 0 Å². The molecule has 0 amide bonds. The number of hydrogen-bond acceptors (Lipinski definition) is 5. The van der Waals surface area contributed by atoms with Crippen molar-refractivity contribution < 1.29 is 24.1 Å². The lowest BCUT2D eigenvalue weighted by atomic mass is 10.4. The first-order valence-corrected chi connectivity index (χ1v) is 5.53. The molecule has 0 radical (unpaired) electrons. The lowest BCUT2D eigenvalue weighted by molar-refractivity contribution is -0.139. The van der Waals surface area contributed by atoms with Crippen LogP contribution in [0, 0.1) is 0 Å². The molecule has 5 heteroatoms. The van der Waals surface area contributed by atoms with E-state index in [9.17, 15) is 4.79 Å². The van der Waals surface area contributed by atoms with Gasteiger partial charge in [0.15, 0.2) is 0 Å². The van der Waals surface area contributed by atoms with Crippen LogP contribution in [-0.2, 0) is 19.0 Å². The summed E-state index contributed by atoms with van der Waals surface area (Å²) in [7, 11) is 0. The van der Waals surface area contributed by atoms with Gasteiger partial charge in [0, 0.05) is 6.08 Å². The minimum Gasteiger partial charge on any atom is -0.460 e. The number of allylic oxidation sites excluding steroid dienone is 3. The lowest BCUT2D eigenvalue weighted by Crippen LogP contribution is -2.12. The largest absolute Gasteiger partial charge is 0.460 e. The molecule has 0 aliphatic rings. The monoisotopic (exact) mass is 244 g/mol. The Morgan fingerprint density at radius 3 is 2.35 bits per heavy atom. The van der Waals surface area contributed by atoms with Crippen LogP contribution in [0.2, 0.25) is 0 Å². The van der Waals surface area contributed by atoms with Crippen molar-refractivity contribution in [3.05, 3.63) is 24.3 Å². The number of carbonyl (C=O) groups is 1. The van der Waals surface area contributed by atoms with Crippen molar-refractivity contribution in [2.24, 2.45) is 0 Å². The predicted molar refractivity (Wildman–Crippen MR) is 63.6 cm³/mol. The van der Waals surface area contributed by atoms with E-state index in [1.54, 1.807) is 12.2 Å².